The van der Waals surface area contributed by atoms with Crippen LogP contribution in [0.3, 0.4) is 0 Å². The largest absolute Gasteiger partial charge is 0.380 e. The highest BCUT2D eigenvalue weighted by atomic mass is 16.5. The van der Waals surface area contributed by atoms with Crippen molar-refractivity contribution in [3.63, 3.8) is 0 Å². The molecule has 19 heavy (non-hydrogen) atoms. The van der Waals surface area contributed by atoms with E-state index >= 15 is 0 Å². The van der Waals surface area contributed by atoms with Gasteiger partial charge < -0.3 is 10.1 Å². The molecule has 0 bridgehead atoms. The van der Waals surface area contributed by atoms with Crippen LogP contribution in [0.1, 0.15) is 45.6 Å². The van der Waals surface area contributed by atoms with Crippen molar-refractivity contribution >= 4 is 0 Å². The molecule has 1 aromatic rings. The molecule has 2 atom stereocenters. The van der Waals surface area contributed by atoms with Crippen LogP contribution in [0.25, 0.3) is 0 Å². The van der Waals surface area contributed by atoms with E-state index in [1.165, 1.54) is 12.0 Å². The van der Waals surface area contributed by atoms with Crippen molar-refractivity contribution in [1.29, 1.82) is 0 Å². The number of rotatable bonds is 9. The zero-order valence-electron chi connectivity index (χ0n) is 12.9. The third kappa shape index (κ3) is 6.22. The molecular weight excluding hydrogens is 234 g/mol. The van der Waals surface area contributed by atoms with Gasteiger partial charge in [-0.05, 0) is 37.3 Å². The van der Waals surface area contributed by atoms with Crippen LogP contribution in [0.4, 0.5) is 0 Å². The zero-order chi connectivity index (χ0) is 14.1. The molecule has 1 rings (SSSR count). The summed E-state index contributed by atoms with van der Waals surface area (Å²) in [6.45, 7) is 11.5. The topological polar surface area (TPSA) is 21.3 Å². The van der Waals surface area contributed by atoms with E-state index in [0.717, 1.165) is 19.8 Å². The predicted octanol–water partition coefficient (Wildman–Crippen LogP) is 3.83. The SMILES string of the molecule is CCOCC(NCCC(C)c1ccccc1)C(C)C. The molecule has 0 radical (unpaired) electrons. The molecule has 0 amide bonds. The fraction of sp³-hybridized carbons (Fsp3) is 0.647. The van der Waals surface area contributed by atoms with E-state index < -0.39 is 0 Å². The lowest BCUT2D eigenvalue weighted by Gasteiger charge is -2.23. The van der Waals surface area contributed by atoms with Gasteiger partial charge in [0.25, 0.3) is 0 Å². The zero-order valence-corrected chi connectivity index (χ0v) is 12.9. The molecule has 2 nitrogen and oxygen atoms in total. The van der Waals surface area contributed by atoms with Crippen molar-refractivity contribution in [1.82, 2.24) is 5.32 Å². The molecular formula is C17H29NO. The fourth-order valence-electron chi connectivity index (χ4n) is 2.17. The first-order valence-electron chi connectivity index (χ1n) is 7.51. The smallest absolute Gasteiger partial charge is 0.0621 e. The molecule has 0 aliphatic heterocycles. The van der Waals surface area contributed by atoms with Gasteiger partial charge in [0.05, 0.1) is 6.61 Å². The Kier molecular flexibility index (Phi) is 7.76. The standard InChI is InChI=1S/C17H29NO/c1-5-19-13-17(14(2)3)18-12-11-15(4)16-9-7-6-8-10-16/h6-10,14-15,17-18H,5,11-13H2,1-4H3. The number of ether oxygens (including phenoxy) is 1. The van der Waals surface area contributed by atoms with Gasteiger partial charge >= 0.3 is 0 Å². The van der Waals surface area contributed by atoms with Crippen LogP contribution in [0.2, 0.25) is 0 Å². The molecule has 0 fully saturated rings. The van der Waals surface area contributed by atoms with Gasteiger partial charge in [0.15, 0.2) is 0 Å². The van der Waals surface area contributed by atoms with Gasteiger partial charge in [0.2, 0.25) is 0 Å². The van der Waals surface area contributed by atoms with Crippen LogP contribution in [0.5, 0.6) is 0 Å². The maximum Gasteiger partial charge on any atom is 0.0621 e. The van der Waals surface area contributed by atoms with Gasteiger partial charge in [-0.1, -0.05) is 51.1 Å². The van der Waals surface area contributed by atoms with Crippen molar-refractivity contribution in [3.05, 3.63) is 35.9 Å². The van der Waals surface area contributed by atoms with Crippen LogP contribution in [0.15, 0.2) is 30.3 Å². The Balaban J connectivity index is 2.31. The second kappa shape index (κ2) is 9.11. The lowest BCUT2D eigenvalue weighted by molar-refractivity contribution is 0.108. The van der Waals surface area contributed by atoms with Crippen LogP contribution in [-0.2, 0) is 4.74 Å². The minimum atomic E-state index is 0.461. The average Bonchev–Trinajstić information content (AvgIpc) is 2.43. The van der Waals surface area contributed by atoms with E-state index in [2.05, 4.69) is 63.3 Å². The molecule has 0 saturated heterocycles. The molecule has 1 N–H and O–H groups in total. The lowest BCUT2D eigenvalue weighted by atomic mass is 9.97. The van der Waals surface area contributed by atoms with E-state index in [4.69, 9.17) is 4.74 Å². The normalized spacial score (nSPS) is 14.6. The van der Waals surface area contributed by atoms with Gasteiger partial charge in [0.1, 0.15) is 0 Å². The highest BCUT2D eigenvalue weighted by Gasteiger charge is 2.13. The summed E-state index contributed by atoms with van der Waals surface area (Å²) in [7, 11) is 0. The summed E-state index contributed by atoms with van der Waals surface area (Å²) in [6.07, 6.45) is 1.17. The third-order valence-corrected chi connectivity index (χ3v) is 3.66. The Hall–Kier alpha value is -0.860. The summed E-state index contributed by atoms with van der Waals surface area (Å²) in [6, 6.07) is 11.2. The van der Waals surface area contributed by atoms with E-state index in [1.54, 1.807) is 0 Å². The highest BCUT2D eigenvalue weighted by molar-refractivity contribution is 5.18. The maximum absolute atomic E-state index is 5.54. The summed E-state index contributed by atoms with van der Waals surface area (Å²) in [5.41, 5.74) is 1.43. The highest BCUT2D eigenvalue weighted by Crippen LogP contribution is 2.17. The van der Waals surface area contributed by atoms with E-state index in [9.17, 15) is 0 Å². The molecule has 0 heterocycles. The molecule has 1 aromatic carbocycles. The second-order valence-electron chi connectivity index (χ2n) is 5.56. The molecule has 2 heteroatoms. The third-order valence-electron chi connectivity index (χ3n) is 3.66. The second-order valence-corrected chi connectivity index (χ2v) is 5.56. The van der Waals surface area contributed by atoms with Crippen molar-refractivity contribution in [2.75, 3.05) is 19.8 Å². The van der Waals surface area contributed by atoms with Gasteiger partial charge in [-0.2, -0.15) is 0 Å². The molecule has 0 aliphatic carbocycles. The summed E-state index contributed by atoms with van der Waals surface area (Å²) >= 11 is 0. The molecule has 108 valence electrons. The Morgan fingerprint density at radius 1 is 1.11 bits per heavy atom. The summed E-state index contributed by atoms with van der Waals surface area (Å²) in [5, 5.41) is 3.63. The van der Waals surface area contributed by atoms with Gasteiger partial charge in [-0.15, -0.1) is 0 Å². The van der Waals surface area contributed by atoms with Crippen LogP contribution >= 0.6 is 0 Å². The Morgan fingerprint density at radius 2 is 1.79 bits per heavy atom. The minimum Gasteiger partial charge on any atom is -0.380 e. The van der Waals surface area contributed by atoms with Crippen molar-refractivity contribution < 1.29 is 4.74 Å². The van der Waals surface area contributed by atoms with Crippen molar-refractivity contribution in [3.8, 4) is 0 Å². The van der Waals surface area contributed by atoms with Gasteiger partial charge in [-0.3, -0.25) is 0 Å². The summed E-state index contributed by atoms with van der Waals surface area (Å²) in [5.74, 6) is 1.21. The first-order chi connectivity index (χ1) is 9.15. The minimum absolute atomic E-state index is 0.461. The molecule has 0 saturated carbocycles. The lowest BCUT2D eigenvalue weighted by Crippen LogP contribution is -2.38. The number of benzene rings is 1. The molecule has 0 aromatic heterocycles. The fourth-order valence-corrected chi connectivity index (χ4v) is 2.17. The Bertz CT molecular complexity index is 323. The van der Waals surface area contributed by atoms with Crippen molar-refractivity contribution in [2.45, 2.75) is 46.1 Å². The maximum atomic E-state index is 5.54. The first-order valence-corrected chi connectivity index (χ1v) is 7.51. The quantitative estimate of drug-likeness (QED) is 0.731. The van der Waals surface area contributed by atoms with Gasteiger partial charge in [0, 0.05) is 12.6 Å². The van der Waals surface area contributed by atoms with Crippen molar-refractivity contribution in [2.24, 2.45) is 5.92 Å². The van der Waals surface area contributed by atoms with Gasteiger partial charge in [-0.25, -0.2) is 0 Å². The summed E-state index contributed by atoms with van der Waals surface area (Å²) < 4.78 is 5.54. The Labute approximate surface area is 118 Å². The average molecular weight is 263 g/mol. The van der Waals surface area contributed by atoms with E-state index in [-0.39, 0.29) is 0 Å². The monoisotopic (exact) mass is 263 g/mol. The van der Waals surface area contributed by atoms with Crippen LogP contribution < -0.4 is 5.32 Å². The number of nitrogens with one attached hydrogen (secondary N) is 1. The van der Waals surface area contributed by atoms with Crippen LogP contribution in [-0.4, -0.2) is 25.8 Å². The number of hydrogen-bond acceptors (Lipinski definition) is 2. The predicted molar refractivity (Wildman–Crippen MR) is 82.6 cm³/mol. The molecule has 2 unspecified atom stereocenters. The first kappa shape index (κ1) is 16.2. The molecule has 0 aliphatic rings. The molecule has 0 spiro atoms. The summed E-state index contributed by atoms with van der Waals surface area (Å²) in [4.78, 5) is 0. The number of hydrogen-bond donors (Lipinski definition) is 1. The Morgan fingerprint density at radius 3 is 2.37 bits per heavy atom. The van der Waals surface area contributed by atoms with E-state index in [1.807, 2.05) is 0 Å². The van der Waals surface area contributed by atoms with Crippen LogP contribution in [0, 0.1) is 5.92 Å². The van der Waals surface area contributed by atoms with E-state index in [0.29, 0.717) is 17.9 Å².